The summed E-state index contributed by atoms with van der Waals surface area (Å²) in [5.74, 6) is 3.89. The molecule has 0 amide bonds. The Morgan fingerprint density at radius 2 is 2.05 bits per heavy atom. The van der Waals surface area contributed by atoms with Crippen LogP contribution in [-0.4, -0.2) is 41.7 Å². The molecular formula is C12H19ClN6O. The molecule has 2 rings (SSSR count). The number of rotatable bonds is 6. The number of hydroxylamine groups is 1. The van der Waals surface area contributed by atoms with Crippen LogP contribution in [0.1, 0.15) is 19.3 Å². The van der Waals surface area contributed by atoms with Crippen LogP contribution in [0.5, 0.6) is 0 Å². The topological polar surface area (TPSA) is 75.2 Å². The van der Waals surface area contributed by atoms with Crippen molar-refractivity contribution in [2.75, 3.05) is 36.4 Å². The van der Waals surface area contributed by atoms with Crippen LogP contribution in [0.4, 0.5) is 17.8 Å². The van der Waals surface area contributed by atoms with E-state index in [0.717, 1.165) is 12.8 Å². The molecule has 1 aromatic rings. The summed E-state index contributed by atoms with van der Waals surface area (Å²) >= 11 is 0. The Morgan fingerprint density at radius 3 is 2.60 bits per heavy atom. The smallest absolute Gasteiger partial charge is 0.256 e. The monoisotopic (exact) mass is 298 g/mol. The largest absolute Gasteiger partial charge is 0.351 e. The van der Waals surface area contributed by atoms with Crippen molar-refractivity contribution in [2.45, 2.75) is 25.3 Å². The number of nitrogens with zero attached hydrogens (tertiary/aromatic N) is 4. The highest BCUT2D eigenvalue weighted by molar-refractivity contribution is 5.85. The second-order valence-corrected chi connectivity index (χ2v) is 4.29. The average molecular weight is 299 g/mol. The molecule has 0 bridgehead atoms. The summed E-state index contributed by atoms with van der Waals surface area (Å²) in [5, 5.41) is 7.69. The molecule has 0 unspecified atom stereocenters. The lowest BCUT2D eigenvalue weighted by Gasteiger charge is -2.26. The molecule has 0 aliphatic heterocycles. The normalized spacial score (nSPS) is 13.7. The standard InChI is InChI=1S/C12H18N6O.ClH/c1-4-8-13-10-15-11(14-9-6-5-7-9)17-12(16-10)18(2)19-3;/h1,9H,5-8H2,2-3H3,(H2,13,14,15,16,17);1H. The van der Waals surface area contributed by atoms with Crippen LogP contribution in [0.25, 0.3) is 0 Å². The van der Waals surface area contributed by atoms with E-state index in [1.165, 1.54) is 11.5 Å². The lowest BCUT2D eigenvalue weighted by molar-refractivity contribution is 0.180. The molecule has 0 atom stereocenters. The third kappa shape index (κ3) is 4.11. The van der Waals surface area contributed by atoms with E-state index < -0.39 is 0 Å². The summed E-state index contributed by atoms with van der Waals surface area (Å²) in [4.78, 5) is 17.9. The van der Waals surface area contributed by atoms with Crippen LogP contribution in [0, 0.1) is 12.3 Å². The highest BCUT2D eigenvalue weighted by atomic mass is 35.5. The van der Waals surface area contributed by atoms with Gasteiger partial charge in [0.25, 0.3) is 5.95 Å². The van der Waals surface area contributed by atoms with Crippen LogP contribution in [0.15, 0.2) is 0 Å². The molecule has 20 heavy (non-hydrogen) atoms. The molecule has 0 radical (unpaired) electrons. The molecule has 1 fully saturated rings. The minimum Gasteiger partial charge on any atom is -0.351 e. The number of terminal acetylenes is 1. The van der Waals surface area contributed by atoms with Gasteiger partial charge in [0.1, 0.15) is 0 Å². The fraction of sp³-hybridized carbons (Fsp3) is 0.583. The lowest BCUT2D eigenvalue weighted by Crippen LogP contribution is -2.29. The Morgan fingerprint density at radius 1 is 1.35 bits per heavy atom. The first kappa shape index (κ1) is 16.3. The van der Waals surface area contributed by atoms with Gasteiger partial charge in [-0.2, -0.15) is 15.0 Å². The van der Waals surface area contributed by atoms with E-state index in [2.05, 4.69) is 31.5 Å². The number of nitrogens with one attached hydrogen (secondary N) is 2. The van der Waals surface area contributed by atoms with Gasteiger partial charge in [-0.25, -0.2) is 5.06 Å². The number of aromatic nitrogens is 3. The van der Waals surface area contributed by atoms with E-state index in [1.807, 2.05) is 0 Å². The van der Waals surface area contributed by atoms with Gasteiger partial charge in [-0.3, -0.25) is 4.84 Å². The van der Waals surface area contributed by atoms with Crippen molar-refractivity contribution in [2.24, 2.45) is 0 Å². The van der Waals surface area contributed by atoms with Crippen molar-refractivity contribution in [1.82, 2.24) is 15.0 Å². The number of halogens is 1. The SMILES string of the molecule is C#CCNc1nc(NC2CCC2)nc(N(C)OC)n1.Cl. The molecule has 1 aliphatic rings. The van der Waals surface area contributed by atoms with Gasteiger partial charge in [-0.05, 0) is 19.3 Å². The molecule has 1 aliphatic carbocycles. The van der Waals surface area contributed by atoms with Gasteiger partial charge in [0.2, 0.25) is 11.9 Å². The maximum atomic E-state index is 5.22. The molecule has 0 aromatic carbocycles. The molecule has 8 heteroatoms. The molecule has 0 saturated heterocycles. The van der Waals surface area contributed by atoms with Gasteiger partial charge in [0.05, 0.1) is 13.7 Å². The van der Waals surface area contributed by atoms with Gasteiger partial charge in [-0.15, -0.1) is 18.8 Å². The highest BCUT2D eigenvalue weighted by Crippen LogP contribution is 2.22. The number of hydrogen-bond acceptors (Lipinski definition) is 7. The predicted octanol–water partition coefficient (Wildman–Crippen LogP) is 1.30. The van der Waals surface area contributed by atoms with E-state index in [9.17, 15) is 0 Å². The van der Waals surface area contributed by atoms with Crippen LogP contribution in [0.2, 0.25) is 0 Å². The van der Waals surface area contributed by atoms with Gasteiger partial charge in [-0.1, -0.05) is 5.92 Å². The van der Waals surface area contributed by atoms with Crippen molar-refractivity contribution in [3.8, 4) is 12.3 Å². The summed E-state index contributed by atoms with van der Waals surface area (Å²) in [7, 11) is 3.28. The quantitative estimate of drug-likeness (QED) is 0.605. The lowest BCUT2D eigenvalue weighted by atomic mass is 9.93. The predicted molar refractivity (Wildman–Crippen MR) is 81.1 cm³/mol. The second kappa shape index (κ2) is 7.72. The Hall–Kier alpha value is -1.78. The van der Waals surface area contributed by atoms with E-state index in [-0.39, 0.29) is 12.4 Å². The van der Waals surface area contributed by atoms with Gasteiger partial charge in [0, 0.05) is 13.1 Å². The van der Waals surface area contributed by atoms with Crippen molar-refractivity contribution >= 4 is 30.3 Å². The molecule has 7 nitrogen and oxygen atoms in total. The van der Waals surface area contributed by atoms with Crippen molar-refractivity contribution in [3.05, 3.63) is 0 Å². The van der Waals surface area contributed by atoms with Crippen molar-refractivity contribution in [1.29, 1.82) is 0 Å². The maximum Gasteiger partial charge on any atom is 0.256 e. The summed E-state index contributed by atoms with van der Waals surface area (Å²) in [6, 6.07) is 0.448. The fourth-order valence-corrected chi connectivity index (χ4v) is 1.60. The minimum atomic E-state index is 0. The molecular weight excluding hydrogens is 280 g/mol. The Balaban J connectivity index is 0.00000200. The summed E-state index contributed by atoms with van der Waals surface area (Å²) in [6.45, 7) is 0.364. The molecule has 0 spiro atoms. The highest BCUT2D eigenvalue weighted by Gasteiger charge is 2.19. The van der Waals surface area contributed by atoms with Crippen LogP contribution in [0.3, 0.4) is 0 Å². The van der Waals surface area contributed by atoms with Crippen molar-refractivity contribution in [3.63, 3.8) is 0 Å². The second-order valence-electron chi connectivity index (χ2n) is 4.29. The zero-order valence-corrected chi connectivity index (χ0v) is 12.4. The summed E-state index contributed by atoms with van der Waals surface area (Å²) in [6.07, 6.45) is 8.76. The Labute approximate surface area is 124 Å². The minimum absolute atomic E-state index is 0. The Kier molecular flexibility index (Phi) is 6.28. The molecule has 1 saturated carbocycles. The first-order valence-electron chi connectivity index (χ1n) is 6.20. The molecule has 2 N–H and O–H groups in total. The molecule has 110 valence electrons. The van der Waals surface area contributed by atoms with Gasteiger partial charge in [0.15, 0.2) is 0 Å². The maximum absolute atomic E-state index is 5.22. The van der Waals surface area contributed by atoms with E-state index >= 15 is 0 Å². The number of anilines is 3. The average Bonchev–Trinajstić information content (AvgIpc) is 2.39. The van der Waals surface area contributed by atoms with Crippen molar-refractivity contribution < 1.29 is 4.84 Å². The van der Waals surface area contributed by atoms with Crippen LogP contribution < -0.4 is 15.7 Å². The van der Waals surface area contributed by atoms with Crippen LogP contribution in [-0.2, 0) is 4.84 Å². The van der Waals surface area contributed by atoms with Gasteiger partial charge < -0.3 is 10.6 Å². The fourth-order valence-electron chi connectivity index (χ4n) is 1.60. The number of hydrogen-bond donors (Lipinski definition) is 2. The van der Waals surface area contributed by atoms with E-state index in [1.54, 1.807) is 14.2 Å². The van der Waals surface area contributed by atoms with Gasteiger partial charge >= 0.3 is 0 Å². The zero-order valence-electron chi connectivity index (χ0n) is 11.6. The first-order valence-corrected chi connectivity index (χ1v) is 6.20. The third-order valence-corrected chi connectivity index (χ3v) is 2.97. The molecule has 1 heterocycles. The zero-order chi connectivity index (χ0) is 13.7. The Bertz CT molecular complexity index is 474. The van der Waals surface area contributed by atoms with Crippen LogP contribution >= 0.6 is 12.4 Å². The first-order chi connectivity index (χ1) is 9.22. The van der Waals surface area contributed by atoms with E-state index in [4.69, 9.17) is 11.3 Å². The molecule has 1 aromatic heterocycles. The summed E-state index contributed by atoms with van der Waals surface area (Å²) < 4.78 is 0. The third-order valence-electron chi connectivity index (χ3n) is 2.97. The van der Waals surface area contributed by atoms with E-state index in [0.29, 0.717) is 30.4 Å². The summed E-state index contributed by atoms with van der Waals surface area (Å²) in [5.41, 5.74) is 0.